The Hall–Kier alpha value is -1.86. The third-order valence-corrected chi connectivity index (χ3v) is 2.41. The number of esters is 1. The molecule has 0 aliphatic carbocycles. The van der Waals surface area contributed by atoms with E-state index in [1.54, 1.807) is 0 Å². The highest BCUT2D eigenvalue weighted by Crippen LogP contribution is 2.30. The van der Waals surface area contributed by atoms with E-state index >= 15 is 0 Å². The maximum atomic E-state index is 12.8. The number of aryl methyl sites for hydroxylation is 1. The van der Waals surface area contributed by atoms with Crippen LogP contribution in [0.2, 0.25) is 0 Å². The Bertz CT molecular complexity index is 471. The van der Waals surface area contributed by atoms with Crippen LogP contribution in [0.4, 0.5) is 22.0 Å². The van der Waals surface area contributed by atoms with Crippen LogP contribution in [0.1, 0.15) is 24.0 Å². The molecule has 0 fully saturated rings. The van der Waals surface area contributed by atoms with Crippen LogP contribution in [-0.4, -0.2) is 19.4 Å². The van der Waals surface area contributed by atoms with E-state index in [4.69, 9.17) is 0 Å². The van der Waals surface area contributed by atoms with Crippen molar-refractivity contribution in [2.75, 3.05) is 7.11 Å². The van der Waals surface area contributed by atoms with Crippen LogP contribution in [0.25, 0.3) is 0 Å². The van der Waals surface area contributed by atoms with E-state index in [2.05, 4.69) is 9.47 Å². The minimum atomic E-state index is -4.95. The molecule has 3 nitrogen and oxygen atoms in total. The van der Waals surface area contributed by atoms with Crippen LogP contribution in [0, 0.1) is 0 Å². The van der Waals surface area contributed by atoms with E-state index in [9.17, 15) is 26.7 Å². The summed E-state index contributed by atoms with van der Waals surface area (Å²) in [5, 5.41) is 0. The molecule has 8 heteroatoms. The van der Waals surface area contributed by atoms with Gasteiger partial charge in [-0.25, -0.2) is 8.78 Å². The number of halogens is 5. The molecule has 1 aromatic rings. The van der Waals surface area contributed by atoms with Crippen molar-refractivity contribution in [2.45, 2.75) is 25.6 Å². The maximum Gasteiger partial charge on any atom is 0.573 e. The number of methoxy groups -OCH3 is 1. The molecule has 0 aliphatic heterocycles. The van der Waals surface area contributed by atoms with Gasteiger partial charge in [0.05, 0.1) is 7.11 Å². The molecule has 0 aromatic heterocycles. The molecule has 0 spiro atoms. The van der Waals surface area contributed by atoms with Gasteiger partial charge < -0.3 is 9.47 Å². The maximum absolute atomic E-state index is 12.8. The Morgan fingerprint density at radius 2 is 1.95 bits per heavy atom. The summed E-state index contributed by atoms with van der Waals surface area (Å²) >= 11 is 0. The molecule has 20 heavy (non-hydrogen) atoms. The lowest BCUT2D eigenvalue weighted by atomic mass is 10.0. The van der Waals surface area contributed by atoms with Gasteiger partial charge in [-0.05, 0) is 24.1 Å². The van der Waals surface area contributed by atoms with E-state index in [0.29, 0.717) is 6.07 Å². The first-order valence-corrected chi connectivity index (χ1v) is 5.46. The fourth-order valence-electron chi connectivity index (χ4n) is 1.54. The lowest BCUT2D eigenvalue weighted by molar-refractivity contribution is -0.274. The number of hydrogen-bond donors (Lipinski definition) is 0. The van der Waals surface area contributed by atoms with Gasteiger partial charge in [0, 0.05) is 12.0 Å². The summed E-state index contributed by atoms with van der Waals surface area (Å²) in [7, 11) is 1.15. The average Bonchev–Trinajstić information content (AvgIpc) is 2.34. The van der Waals surface area contributed by atoms with Crippen molar-refractivity contribution in [2.24, 2.45) is 0 Å². The molecule has 0 atom stereocenters. The number of carbonyl (C=O) groups is 1. The van der Waals surface area contributed by atoms with Gasteiger partial charge in [0.25, 0.3) is 6.43 Å². The molecule has 112 valence electrons. The highest BCUT2D eigenvalue weighted by Gasteiger charge is 2.31. The van der Waals surface area contributed by atoms with Crippen molar-refractivity contribution in [1.82, 2.24) is 0 Å². The molecule has 1 aromatic carbocycles. The smallest absolute Gasteiger partial charge is 0.469 e. The van der Waals surface area contributed by atoms with E-state index in [1.165, 1.54) is 0 Å². The molecule has 0 aliphatic rings. The number of hydrogen-bond acceptors (Lipinski definition) is 3. The van der Waals surface area contributed by atoms with Crippen LogP contribution in [0.5, 0.6) is 5.75 Å². The van der Waals surface area contributed by atoms with Gasteiger partial charge in [-0.1, -0.05) is 6.07 Å². The Labute approximate surface area is 111 Å². The zero-order valence-electron chi connectivity index (χ0n) is 10.3. The van der Waals surface area contributed by atoms with Crippen molar-refractivity contribution in [3.63, 3.8) is 0 Å². The fraction of sp³-hybridized carbons (Fsp3) is 0.417. The molecule has 0 saturated carbocycles. The van der Waals surface area contributed by atoms with Crippen molar-refractivity contribution in [1.29, 1.82) is 0 Å². The summed E-state index contributed by atoms with van der Waals surface area (Å²) in [6, 6.07) is 2.61. The Kier molecular flexibility index (Phi) is 5.29. The minimum Gasteiger partial charge on any atom is -0.469 e. The van der Waals surface area contributed by atoms with Crippen LogP contribution < -0.4 is 4.74 Å². The number of alkyl halides is 5. The van der Waals surface area contributed by atoms with Gasteiger partial charge >= 0.3 is 12.3 Å². The van der Waals surface area contributed by atoms with E-state index in [-0.39, 0.29) is 18.4 Å². The van der Waals surface area contributed by atoms with Gasteiger partial charge in [0.1, 0.15) is 5.75 Å². The predicted molar refractivity (Wildman–Crippen MR) is 58.4 cm³/mol. The van der Waals surface area contributed by atoms with Crippen molar-refractivity contribution in [3.8, 4) is 5.75 Å². The van der Waals surface area contributed by atoms with Crippen LogP contribution in [0.15, 0.2) is 18.2 Å². The molecular formula is C12H11F5O3. The first-order chi connectivity index (χ1) is 9.23. The van der Waals surface area contributed by atoms with Gasteiger partial charge in [0.2, 0.25) is 0 Å². The van der Waals surface area contributed by atoms with Crippen molar-refractivity contribution >= 4 is 5.97 Å². The highest BCUT2D eigenvalue weighted by atomic mass is 19.4. The SMILES string of the molecule is COC(=O)CCc1ccc(OC(F)(F)F)cc1C(F)F. The first-order valence-electron chi connectivity index (χ1n) is 5.46. The summed E-state index contributed by atoms with van der Waals surface area (Å²) in [6.45, 7) is 0. The third kappa shape index (κ3) is 5.02. The zero-order valence-corrected chi connectivity index (χ0v) is 10.3. The molecule has 0 heterocycles. The van der Waals surface area contributed by atoms with Gasteiger partial charge in [0.15, 0.2) is 0 Å². The van der Waals surface area contributed by atoms with Crippen molar-refractivity contribution < 1.29 is 36.2 Å². The van der Waals surface area contributed by atoms with Crippen LogP contribution in [-0.2, 0) is 16.0 Å². The molecule has 0 radical (unpaired) electrons. The first kappa shape index (κ1) is 16.2. The summed E-state index contributed by atoms with van der Waals surface area (Å²) in [5.41, 5.74) is -0.532. The Balaban J connectivity index is 2.93. The molecule has 0 amide bonds. The van der Waals surface area contributed by atoms with Crippen LogP contribution >= 0.6 is 0 Å². The fourth-order valence-corrected chi connectivity index (χ4v) is 1.54. The quantitative estimate of drug-likeness (QED) is 0.615. The summed E-state index contributed by atoms with van der Waals surface area (Å²) in [4.78, 5) is 10.9. The van der Waals surface area contributed by atoms with Gasteiger partial charge in [-0.2, -0.15) is 0 Å². The predicted octanol–water partition coefficient (Wildman–Crippen LogP) is 3.63. The van der Waals surface area contributed by atoms with E-state index < -0.39 is 30.1 Å². The second-order valence-electron chi connectivity index (χ2n) is 3.79. The number of rotatable bonds is 5. The molecule has 0 saturated heterocycles. The molecular weight excluding hydrogens is 287 g/mol. The summed E-state index contributed by atoms with van der Waals surface area (Å²) < 4.78 is 69.5. The van der Waals surface area contributed by atoms with Crippen molar-refractivity contribution in [3.05, 3.63) is 29.3 Å². The minimum absolute atomic E-state index is 0.0569. The molecule has 0 N–H and O–H groups in total. The zero-order chi connectivity index (χ0) is 15.3. The second kappa shape index (κ2) is 6.53. The average molecular weight is 298 g/mol. The second-order valence-corrected chi connectivity index (χ2v) is 3.79. The van der Waals surface area contributed by atoms with Gasteiger partial charge in [-0.3, -0.25) is 4.79 Å². The highest BCUT2D eigenvalue weighted by molar-refractivity contribution is 5.69. The number of benzene rings is 1. The monoisotopic (exact) mass is 298 g/mol. The third-order valence-electron chi connectivity index (χ3n) is 2.41. The number of carbonyl (C=O) groups excluding carboxylic acids is 1. The van der Waals surface area contributed by atoms with Gasteiger partial charge in [-0.15, -0.1) is 13.2 Å². The lowest BCUT2D eigenvalue weighted by Crippen LogP contribution is -2.17. The Morgan fingerprint density at radius 3 is 2.45 bits per heavy atom. The summed E-state index contributed by atoms with van der Waals surface area (Å²) in [5.74, 6) is -1.32. The number of ether oxygens (including phenoxy) is 2. The standard InChI is InChI=1S/C12H11F5O3/c1-19-10(18)5-3-7-2-4-8(20-12(15,16)17)6-9(7)11(13)14/h2,4,6,11H,3,5H2,1H3. The normalized spacial score (nSPS) is 11.6. The van der Waals surface area contributed by atoms with E-state index in [1.807, 2.05) is 0 Å². The topological polar surface area (TPSA) is 35.5 Å². The molecule has 1 rings (SSSR count). The largest absolute Gasteiger partial charge is 0.573 e. The molecule has 0 bridgehead atoms. The Morgan fingerprint density at radius 1 is 1.30 bits per heavy atom. The summed E-state index contributed by atoms with van der Waals surface area (Å²) in [6.07, 6.45) is -8.12. The van der Waals surface area contributed by atoms with Crippen LogP contribution in [0.3, 0.4) is 0 Å². The molecule has 0 unspecified atom stereocenters. The van der Waals surface area contributed by atoms with E-state index in [0.717, 1.165) is 19.2 Å². The lowest BCUT2D eigenvalue weighted by Gasteiger charge is -2.13.